The summed E-state index contributed by atoms with van der Waals surface area (Å²) in [7, 11) is 1.57. The summed E-state index contributed by atoms with van der Waals surface area (Å²) in [5.74, 6) is -0.181. The summed E-state index contributed by atoms with van der Waals surface area (Å²) < 4.78 is 23.8. The lowest BCUT2D eigenvalue weighted by Gasteiger charge is -2.25. The van der Waals surface area contributed by atoms with E-state index in [2.05, 4.69) is 43.5 Å². The van der Waals surface area contributed by atoms with E-state index in [1.54, 1.807) is 6.08 Å². The van der Waals surface area contributed by atoms with Gasteiger partial charge in [-0.05, 0) is 57.8 Å². The van der Waals surface area contributed by atoms with Crippen LogP contribution >= 0.6 is 7.82 Å². The highest BCUT2D eigenvalue weighted by atomic mass is 31.2. The van der Waals surface area contributed by atoms with Crippen molar-refractivity contribution in [3.63, 3.8) is 0 Å². The molecule has 0 saturated carbocycles. The Morgan fingerprint density at radius 2 is 0.724 bits per heavy atom. The molecule has 0 saturated heterocycles. The van der Waals surface area contributed by atoms with Crippen molar-refractivity contribution >= 4 is 13.7 Å². The molecule has 1 amide bonds. The molecule has 0 aromatic heterocycles. The Balaban J connectivity index is 4.10. The third kappa shape index (κ3) is 60.4. The van der Waals surface area contributed by atoms with Crippen LogP contribution in [-0.2, 0) is 18.4 Å². The van der Waals surface area contributed by atoms with E-state index < -0.39 is 20.0 Å². The Hall–Kier alpha value is -1.28. The monoisotopic (exact) mass is 1090 g/mol. The first kappa shape index (κ1) is 74.7. The quantitative estimate of drug-likeness (QED) is 0.0243. The van der Waals surface area contributed by atoms with Gasteiger partial charge in [-0.1, -0.05) is 307 Å². The zero-order valence-electron chi connectivity index (χ0n) is 51.5. The van der Waals surface area contributed by atoms with Crippen molar-refractivity contribution in [3.05, 3.63) is 36.5 Å². The van der Waals surface area contributed by atoms with Gasteiger partial charge in [-0.2, -0.15) is 0 Å². The summed E-state index contributed by atoms with van der Waals surface area (Å²) in [5.41, 5.74) is 0. The van der Waals surface area contributed by atoms with Crippen LogP contribution in [0.15, 0.2) is 36.5 Å². The second-order valence-electron chi connectivity index (χ2n) is 24.2. The van der Waals surface area contributed by atoms with E-state index >= 15 is 0 Å². The van der Waals surface area contributed by atoms with Crippen LogP contribution in [-0.4, -0.2) is 73.4 Å². The van der Waals surface area contributed by atoms with Gasteiger partial charge in [-0.3, -0.25) is 13.8 Å². The van der Waals surface area contributed by atoms with Crippen molar-refractivity contribution in [1.82, 2.24) is 5.32 Å². The number of likely N-dealkylation sites (N-methyl/N-ethyl adjacent to an activating group) is 1. The molecule has 0 aromatic carbocycles. The lowest BCUT2D eigenvalue weighted by molar-refractivity contribution is -0.870. The largest absolute Gasteiger partial charge is 0.472 e. The summed E-state index contributed by atoms with van der Waals surface area (Å²) in [4.78, 5) is 23.4. The Kier molecular flexibility index (Phi) is 57.4. The number of carbonyl (C=O) groups is 1. The average Bonchev–Trinajstić information content (AvgIpc) is 3.38. The minimum Gasteiger partial charge on any atom is -0.387 e. The van der Waals surface area contributed by atoms with E-state index in [9.17, 15) is 19.4 Å². The van der Waals surface area contributed by atoms with Gasteiger partial charge in [0.05, 0.1) is 39.9 Å². The molecule has 8 nitrogen and oxygen atoms in total. The SMILES string of the molecule is CCCCCCCCCCCCCC/C=C\CCCCCCCCCCCCCCCCCC(=O)NC(COP(=O)(O)OCC[N+](C)(C)C)C(O)/C=C/CC/C=C/CCCCCCCCCCCCCCCCCCC. The molecule has 9 heteroatoms. The zero-order valence-corrected chi connectivity index (χ0v) is 52.4. The number of hydrogen-bond acceptors (Lipinski definition) is 5. The van der Waals surface area contributed by atoms with Gasteiger partial charge in [0, 0.05) is 6.42 Å². The van der Waals surface area contributed by atoms with Crippen molar-refractivity contribution in [2.45, 2.75) is 347 Å². The molecule has 0 aromatic rings. The molecule has 0 aliphatic rings. The molecule has 0 spiro atoms. The van der Waals surface area contributed by atoms with Crippen molar-refractivity contribution in [2.75, 3.05) is 40.9 Å². The molecule has 3 N–H and O–H groups in total. The number of amides is 1. The zero-order chi connectivity index (χ0) is 55.6. The molecule has 0 rings (SSSR count). The van der Waals surface area contributed by atoms with Gasteiger partial charge in [-0.15, -0.1) is 0 Å². The van der Waals surface area contributed by atoms with Crippen molar-refractivity contribution in [3.8, 4) is 0 Å². The van der Waals surface area contributed by atoms with Gasteiger partial charge in [0.15, 0.2) is 0 Å². The Morgan fingerprint density at radius 1 is 0.434 bits per heavy atom. The number of allylic oxidation sites excluding steroid dienone is 5. The summed E-state index contributed by atoms with van der Waals surface area (Å²) >= 11 is 0. The molecular weight excluding hydrogens is 960 g/mol. The highest BCUT2D eigenvalue weighted by molar-refractivity contribution is 7.47. The van der Waals surface area contributed by atoms with Crippen LogP contribution in [0.3, 0.4) is 0 Å². The minimum atomic E-state index is -4.36. The van der Waals surface area contributed by atoms with E-state index in [-0.39, 0.29) is 19.1 Å². The maximum absolute atomic E-state index is 13.0. The standard InChI is InChI=1S/C67H131N2O6P/c1-6-8-10-12-14-16-18-20-22-24-26-28-30-31-32-33-34-35-36-37-39-41-43-45-47-49-51-53-55-57-59-61-67(71)68-65(64-75-76(72,73)74-63-62-69(3,4)5)66(70)60-58-56-54-52-50-48-46-44-42-40-38-29-27-25-23-21-19-17-15-13-11-9-7-2/h31-32,50,52,58,60,65-66,70H,6-30,33-49,51,53-57,59,61-64H2,1-5H3,(H-,68,71,72,73)/p+1/b32-31-,52-50+,60-58+. The van der Waals surface area contributed by atoms with Gasteiger partial charge in [0.25, 0.3) is 0 Å². The molecular formula is C67H132N2O6P+. The third-order valence-electron chi connectivity index (χ3n) is 15.3. The van der Waals surface area contributed by atoms with E-state index in [1.807, 2.05) is 27.2 Å². The molecule has 0 radical (unpaired) electrons. The van der Waals surface area contributed by atoms with E-state index in [0.717, 1.165) is 38.5 Å². The van der Waals surface area contributed by atoms with E-state index in [0.29, 0.717) is 17.4 Å². The van der Waals surface area contributed by atoms with Crippen molar-refractivity contribution in [1.29, 1.82) is 0 Å². The first-order chi connectivity index (χ1) is 37.0. The number of carbonyl (C=O) groups excluding carboxylic acids is 1. The number of quaternary nitrogens is 1. The molecule has 0 bridgehead atoms. The summed E-state index contributed by atoms with van der Waals surface area (Å²) in [6.45, 7) is 4.85. The van der Waals surface area contributed by atoms with Gasteiger partial charge in [0.1, 0.15) is 13.2 Å². The maximum atomic E-state index is 13.0. The van der Waals surface area contributed by atoms with Gasteiger partial charge >= 0.3 is 7.82 Å². The first-order valence-electron chi connectivity index (χ1n) is 33.4. The van der Waals surface area contributed by atoms with Gasteiger partial charge in [-0.25, -0.2) is 4.57 Å². The maximum Gasteiger partial charge on any atom is 0.472 e. The molecule has 3 atom stereocenters. The van der Waals surface area contributed by atoms with Crippen LogP contribution < -0.4 is 5.32 Å². The number of hydrogen-bond donors (Lipinski definition) is 3. The van der Waals surface area contributed by atoms with Crippen LogP contribution in [0.1, 0.15) is 335 Å². The van der Waals surface area contributed by atoms with Crippen LogP contribution in [0.25, 0.3) is 0 Å². The molecule has 450 valence electrons. The number of nitrogens with one attached hydrogen (secondary N) is 1. The van der Waals surface area contributed by atoms with Crippen LogP contribution in [0, 0.1) is 0 Å². The van der Waals surface area contributed by atoms with Gasteiger partial charge in [0.2, 0.25) is 5.91 Å². The Bertz CT molecular complexity index is 1330. The second-order valence-corrected chi connectivity index (χ2v) is 25.6. The molecule has 3 unspecified atom stereocenters. The fraction of sp³-hybridized carbons (Fsp3) is 0.896. The number of phosphoric acid groups is 1. The number of phosphoric ester groups is 1. The van der Waals surface area contributed by atoms with Crippen LogP contribution in [0.2, 0.25) is 0 Å². The normalized spacial score (nSPS) is 13.9. The average molecular weight is 1090 g/mol. The molecule has 0 aliphatic heterocycles. The smallest absolute Gasteiger partial charge is 0.387 e. The lowest BCUT2D eigenvalue weighted by Crippen LogP contribution is -2.45. The molecule has 0 fully saturated rings. The van der Waals surface area contributed by atoms with E-state index in [1.165, 1.54) is 276 Å². The highest BCUT2D eigenvalue weighted by Gasteiger charge is 2.28. The molecule has 76 heavy (non-hydrogen) atoms. The topological polar surface area (TPSA) is 105 Å². The van der Waals surface area contributed by atoms with E-state index in [4.69, 9.17) is 9.05 Å². The molecule has 0 aliphatic carbocycles. The van der Waals surface area contributed by atoms with Gasteiger partial charge < -0.3 is 19.8 Å². The predicted molar refractivity (Wildman–Crippen MR) is 332 cm³/mol. The number of aliphatic hydroxyl groups excluding tert-OH is 1. The number of aliphatic hydroxyl groups is 1. The minimum absolute atomic E-state index is 0.0576. The first-order valence-corrected chi connectivity index (χ1v) is 34.9. The number of rotatable bonds is 62. The Labute approximate surface area is 474 Å². The lowest BCUT2D eigenvalue weighted by atomic mass is 10.0. The highest BCUT2D eigenvalue weighted by Crippen LogP contribution is 2.43. The van der Waals surface area contributed by atoms with Crippen molar-refractivity contribution < 1.29 is 32.9 Å². The predicted octanol–water partition coefficient (Wildman–Crippen LogP) is 20.9. The summed E-state index contributed by atoms with van der Waals surface area (Å²) in [5, 5.41) is 14.0. The van der Waals surface area contributed by atoms with Crippen LogP contribution in [0.4, 0.5) is 0 Å². The van der Waals surface area contributed by atoms with Crippen LogP contribution in [0.5, 0.6) is 0 Å². The number of nitrogens with zero attached hydrogens (tertiary/aromatic N) is 1. The molecule has 0 heterocycles. The second kappa shape index (κ2) is 58.4. The fourth-order valence-corrected chi connectivity index (χ4v) is 10.9. The summed E-state index contributed by atoms with van der Waals surface area (Å²) in [6, 6.07) is -0.863. The third-order valence-corrected chi connectivity index (χ3v) is 16.3. The Morgan fingerprint density at radius 3 is 1.05 bits per heavy atom. The fourth-order valence-electron chi connectivity index (χ4n) is 10.1. The summed E-state index contributed by atoms with van der Waals surface area (Å²) in [6.07, 6.45) is 77.2. The number of unbranched alkanes of at least 4 members (excludes halogenated alkanes) is 45. The van der Waals surface area contributed by atoms with Crippen molar-refractivity contribution in [2.24, 2.45) is 0 Å².